The number of nitrogens with zero attached hydrogens (tertiary/aromatic N) is 3. The van der Waals surface area contributed by atoms with Crippen molar-refractivity contribution in [1.82, 2.24) is 15.2 Å². The molecule has 0 bridgehead atoms. The monoisotopic (exact) mass is 510 g/mol. The van der Waals surface area contributed by atoms with E-state index in [2.05, 4.69) is 20.5 Å². The highest BCUT2D eigenvalue weighted by atomic mass is 35.5. The summed E-state index contributed by atoms with van der Waals surface area (Å²) < 4.78 is 17.3. The van der Waals surface area contributed by atoms with Crippen LogP contribution in [0.4, 0.5) is 5.69 Å². The van der Waals surface area contributed by atoms with Gasteiger partial charge in [-0.25, -0.2) is 0 Å². The number of ether oxygens (including phenoxy) is 3. The second-order valence-corrected chi connectivity index (χ2v) is 9.30. The van der Waals surface area contributed by atoms with E-state index in [1.54, 1.807) is 6.07 Å². The molecular weight excluding hydrogens is 495 g/mol. The van der Waals surface area contributed by atoms with E-state index in [0.29, 0.717) is 49.6 Å². The fourth-order valence-electron chi connectivity index (χ4n) is 3.74. The fourth-order valence-corrected chi connectivity index (χ4v) is 5.06. The maximum atomic E-state index is 6.59. The molecule has 1 atom stereocenters. The Balaban J connectivity index is 1.37. The molecule has 0 saturated carbocycles. The number of para-hydroxylation sites is 1. The van der Waals surface area contributed by atoms with Gasteiger partial charge in [0.1, 0.15) is 0 Å². The number of aromatic nitrogens is 3. The largest absolute Gasteiger partial charge is 0.454 e. The standard InChI is InChI=1S/C24H16Cl2N4O3S/c25-16-7-3-1-5-13(16)11-34-24-28-23-21(29-30-24)14-6-2-4-8-18(14)27-22(33-23)15-9-19-20(10-17(15)26)32-12-31-19/h1-10,22,27H,11-12H2/t22-/m1/s1. The van der Waals surface area contributed by atoms with E-state index < -0.39 is 6.23 Å². The zero-order valence-corrected chi connectivity index (χ0v) is 19.8. The van der Waals surface area contributed by atoms with Gasteiger partial charge in [0.05, 0.1) is 5.02 Å². The molecule has 34 heavy (non-hydrogen) atoms. The lowest BCUT2D eigenvalue weighted by molar-refractivity contribution is 0.173. The Kier molecular flexibility index (Phi) is 5.57. The van der Waals surface area contributed by atoms with Crippen LogP contribution in [0.3, 0.4) is 0 Å². The lowest BCUT2D eigenvalue weighted by atomic mass is 10.1. The Hall–Kier alpha value is -3.20. The van der Waals surface area contributed by atoms with Gasteiger partial charge in [-0.05, 0) is 23.8 Å². The van der Waals surface area contributed by atoms with Crippen LogP contribution in [0.25, 0.3) is 11.3 Å². The predicted octanol–water partition coefficient (Wildman–Crippen LogP) is 6.37. The number of hydrogen-bond donors (Lipinski definition) is 1. The van der Waals surface area contributed by atoms with Gasteiger partial charge in [0.2, 0.25) is 17.8 Å². The SMILES string of the molecule is Clc1ccccc1CSc1nnc2c(n1)O[C@H](c1cc3c(cc1Cl)OCO3)Nc1ccccc1-2. The Morgan fingerprint density at radius 1 is 0.941 bits per heavy atom. The van der Waals surface area contributed by atoms with E-state index >= 15 is 0 Å². The normalized spacial score (nSPS) is 15.5. The van der Waals surface area contributed by atoms with Crippen molar-refractivity contribution < 1.29 is 14.2 Å². The van der Waals surface area contributed by atoms with Crippen LogP contribution in [0.5, 0.6) is 17.4 Å². The van der Waals surface area contributed by atoms with Gasteiger partial charge in [-0.3, -0.25) is 0 Å². The van der Waals surface area contributed by atoms with Gasteiger partial charge in [0.15, 0.2) is 23.4 Å². The zero-order chi connectivity index (χ0) is 23.1. The van der Waals surface area contributed by atoms with Crippen molar-refractivity contribution >= 4 is 40.7 Å². The summed E-state index contributed by atoms with van der Waals surface area (Å²) in [6.45, 7) is 0.156. The number of anilines is 1. The molecule has 0 aliphatic carbocycles. The third-order valence-corrected chi connectivity index (χ3v) is 7.01. The molecule has 7 nitrogen and oxygen atoms in total. The number of halogens is 2. The molecule has 170 valence electrons. The first-order valence-corrected chi connectivity index (χ1v) is 12.1. The Morgan fingerprint density at radius 2 is 1.74 bits per heavy atom. The minimum atomic E-state index is -0.637. The van der Waals surface area contributed by atoms with E-state index in [9.17, 15) is 0 Å². The number of benzene rings is 3. The number of nitrogens with one attached hydrogen (secondary N) is 1. The molecule has 3 aromatic carbocycles. The molecule has 6 rings (SSSR count). The lowest BCUT2D eigenvalue weighted by Crippen LogP contribution is -2.17. The first kappa shape index (κ1) is 21.3. The maximum Gasteiger partial charge on any atom is 0.247 e. The predicted molar refractivity (Wildman–Crippen MR) is 131 cm³/mol. The van der Waals surface area contributed by atoms with Crippen molar-refractivity contribution in [3.8, 4) is 28.6 Å². The number of rotatable bonds is 4. The lowest BCUT2D eigenvalue weighted by Gasteiger charge is -2.20. The third-order valence-electron chi connectivity index (χ3n) is 5.42. The van der Waals surface area contributed by atoms with Gasteiger partial charge in [-0.1, -0.05) is 71.4 Å². The highest BCUT2D eigenvalue weighted by Gasteiger charge is 2.29. The smallest absolute Gasteiger partial charge is 0.247 e. The maximum absolute atomic E-state index is 6.59. The van der Waals surface area contributed by atoms with Crippen LogP contribution in [0.15, 0.2) is 65.8 Å². The summed E-state index contributed by atoms with van der Waals surface area (Å²) >= 11 is 14.3. The van der Waals surface area contributed by atoms with Crippen LogP contribution in [-0.2, 0) is 5.75 Å². The van der Waals surface area contributed by atoms with E-state index in [1.807, 2.05) is 54.6 Å². The molecule has 0 spiro atoms. The molecule has 0 unspecified atom stereocenters. The quantitative estimate of drug-likeness (QED) is 0.317. The van der Waals surface area contributed by atoms with E-state index in [4.69, 9.17) is 37.4 Å². The molecule has 3 heterocycles. The molecule has 0 saturated heterocycles. The summed E-state index contributed by atoms with van der Waals surface area (Å²) in [6, 6.07) is 19.0. The van der Waals surface area contributed by atoms with Crippen LogP contribution in [-0.4, -0.2) is 22.0 Å². The van der Waals surface area contributed by atoms with Crippen LogP contribution < -0.4 is 19.5 Å². The first-order chi connectivity index (χ1) is 16.7. The van der Waals surface area contributed by atoms with E-state index in [0.717, 1.165) is 16.8 Å². The van der Waals surface area contributed by atoms with Crippen molar-refractivity contribution in [2.45, 2.75) is 17.1 Å². The summed E-state index contributed by atoms with van der Waals surface area (Å²) in [5, 5.41) is 13.9. The summed E-state index contributed by atoms with van der Waals surface area (Å²) in [7, 11) is 0. The van der Waals surface area contributed by atoms with Crippen molar-refractivity contribution in [3.63, 3.8) is 0 Å². The Morgan fingerprint density at radius 3 is 2.62 bits per heavy atom. The highest BCUT2D eigenvalue weighted by Crippen LogP contribution is 2.44. The summed E-state index contributed by atoms with van der Waals surface area (Å²) in [5.41, 5.74) is 3.89. The summed E-state index contributed by atoms with van der Waals surface area (Å²) in [5.74, 6) is 2.17. The van der Waals surface area contributed by atoms with Gasteiger partial charge in [0.25, 0.3) is 0 Å². The molecule has 0 radical (unpaired) electrons. The van der Waals surface area contributed by atoms with E-state index in [-0.39, 0.29) is 6.79 Å². The molecule has 0 amide bonds. The van der Waals surface area contributed by atoms with Crippen molar-refractivity contribution in [1.29, 1.82) is 0 Å². The van der Waals surface area contributed by atoms with Gasteiger partial charge in [0, 0.05) is 33.7 Å². The van der Waals surface area contributed by atoms with Gasteiger partial charge >= 0.3 is 0 Å². The van der Waals surface area contributed by atoms with Crippen LogP contribution in [0.2, 0.25) is 10.0 Å². The number of hydrogen-bond acceptors (Lipinski definition) is 8. The average Bonchev–Trinajstić information content (AvgIpc) is 3.23. The summed E-state index contributed by atoms with van der Waals surface area (Å²) in [4.78, 5) is 4.68. The number of fused-ring (bicyclic) bond motifs is 4. The third kappa shape index (κ3) is 3.98. The fraction of sp³-hybridized carbons (Fsp3) is 0.125. The van der Waals surface area contributed by atoms with Crippen molar-refractivity contribution in [3.05, 3.63) is 81.8 Å². The van der Waals surface area contributed by atoms with Crippen LogP contribution in [0, 0.1) is 0 Å². The Bertz CT molecular complexity index is 1400. The molecule has 1 aromatic heterocycles. The average molecular weight is 511 g/mol. The van der Waals surface area contributed by atoms with Crippen molar-refractivity contribution in [2.24, 2.45) is 0 Å². The van der Waals surface area contributed by atoms with Crippen LogP contribution in [0.1, 0.15) is 17.4 Å². The second kappa shape index (κ2) is 8.87. The molecule has 0 fully saturated rings. The van der Waals surface area contributed by atoms with E-state index in [1.165, 1.54) is 11.8 Å². The van der Waals surface area contributed by atoms with Crippen LogP contribution >= 0.6 is 35.0 Å². The molecule has 2 aliphatic heterocycles. The Labute approximate surface area is 209 Å². The van der Waals surface area contributed by atoms with Crippen molar-refractivity contribution in [2.75, 3.05) is 12.1 Å². The molecular formula is C24H16Cl2N4O3S. The van der Waals surface area contributed by atoms with Gasteiger partial charge in [-0.15, -0.1) is 10.2 Å². The topological polar surface area (TPSA) is 78.4 Å². The second-order valence-electron chi connectivity index (χ2n) is 7.54. The molecule has 4 aromatic rings. The first-order valence-electron chi connectivity index (χ1n) is 10.4. The van der Waals surface area contributed by atoms with Gasteiger partial charge in [-0.2, -0.15) is 4.98 Å². The highest BCUT2D eigenvalue weighted by molar-refractivity contribution is 7.98. The molecule has 1 N–H and O–H groups in total. The minimum Gasteiger partial charge on any atom is -0.454 e. The summed E-state index contributed by atoms with van der Waals surface area (Å²) in [6.07, 6.45) is -0.637. The molecule has 10 heteroatoms. The molecule has 2 aliphatic rings. The van der Waals surface area contributed by atoms with Gasteiger partial charge < -0.3 is 19.5 Å². The number of thioether (sulfide) groups is 1. The minimum absolute atomic E-state index is 0.156. The zero-order valence-electron chi connectivity index (χ0n) is 17.5.